The summed E-state index contributed by atoms with van der Waals surface area (Å²) in [6.07, 6.45) is 0.581. The van der Waals surface area contributed by atoms with Crippen LogP contribution in [-0.4, -0.2) is 10.3 Å². The molecular weight excluding hydrogens is 253 g/mol. The third-order valence-corrected chi connectivity index (χ3v) is 2.35. The van der Waals surface area contributed by atoms with Crippen LogP contribution in [0.25, 0.3) is 0 Å². The molecule has 0 atom stereocenters. The molecule has 0 heterocycles. The van der Waals surface area contributed by atoms with E-state index < -0.39 is 10.7 Å². The molecule has 5 heteroatoms. The van der Waals surface area contributed by atoms with Gasteiger partial charge in [0.05, 0.1) is 10.5 Å². The first-order valence-corrected chi connectivity index (χ1v) is 5.17. The Morgan fingerprint density at radius 2 is 2.21 bits per heavy atom. The highest BCUT2D eigenvalue weighted by molar-refractivity contribution is 9.09. The second-order valence-corrected chi connectivity index (χ2v) is 3.71. The van der Waals surface area contributed by atoms with Crippen LogP contribution in [0.2, 0.25) is 0 Å². The lowest BCUT2D eigenvalue weighted by molar-refractivity contribution is -0.385. The summed E-state index contributed by atoms with van der Waals surface area (Å²) in [4.78, 5) is 10.00. The van der Waals surface area contributed by atoms with Crippen LogP contribution in [-0.2, 0) is 6.42 Å². The highest BCUT2D eigenvalue weighted by atomic mass is 79.9. The molecule has 0 aliphatic heterocycles. The van der Waals surface area contributed by atoms with E-state index in [0.717, 1.165) is 0 Å². The topological polar surface area (TPSA) is 43.1 Å². The number of nitrogens with zero attached hydrogens (tertiary/aromatic N) is 1. The molecule has 0 aliphatic rings. The number of hydrogen-bond donors (Lipinski definition) is 0. The van der Waals surface area contributed by atoms with Crippen molar-refractivity contribution in [2.45, 2.75) is 13.3 Å². The molecule has 0 N–H and O–H groups in total. The lowest BCUT2D eigenvalue weighted by Crippen LogP contribution is -1.98. The third kappa shape index (κ3) is 2.29. The molecule has 0 aromatic heterocycles. The third-order valence-electron chi connectivity index (χ3n) is 1.96. The van der Waals surface area contributed by atoms with Gasteiger partial charge >= 0.3 is 0 Å². The first-order valence-electron chi connectivity index (χ1n) is 4.05. The Balaban J connectivity index is 3.21. The van der Waals surface area contributed by atoms with Gasteiger partial charge in [-0.05, 0) is 25.0 Å². The van der Waals surface area contributed by atoms with E-state index in [1.165, 1.54) is 19.1 Å². The van der Waals surface area contributed by atoms with Crippen LogP contribution in [0.1, 0.15) is 11.1 Å². The predicted octanol–water partition coefficient (Wildman–Crippen LogP) is 2.98. The fourth-order valence-electron chi connectivity index (χ4n) is 1.16. The van der Waals surface area contributed by atoms with Crippen molar-refractivity contribution in [3.05, 3.63) is 39.2 Å². The molecule has 1 aromatic carbocycles. The van der Waals surface area contributed by atoms with Crippen molar-refractivity contribution in [3.63, 3.8) is 0 Å². The van der Waals surface area contributed by atoms with Gasteiger partial charge in [-0.25, -0.2) is 4.39 Å². The predicted molar refractivity (Wildman–Crippen MR) is 55.3 cm³/mol. The fraction of sp³-hybridized carbons (Fsp3) is 0.333. The Morgan fingerprint density at radius 3 is 2.71 bits per heavy atom. The fourth-order valence-corrected chi connectivity index (χ4v) is 1.62. The molecule has 0 unspecified atom stereocenters. The number of nitro groups is 1. The van der Waals surface area contributed by atoms with Gasteiger partial charge in [-0.3, -0.25) is 10.1 Å². The van der Waals surface area contributed by atoms with Gasteiger partial charge in [-0.1, -0.05) is 15.9 Å². The van der Waals surface area contributed by atoms with Crippen molar-refractivity contribution in [1.82, 2.24) is 0 Å². The molecule has 76 valence electrons. The second-order valence-electron chi connectivity index (χ2n) is 2.92. The monoisotopic (exact) mass is 261 g/mol. The van der Waals surface area contributed by atoms with Gasteiger partial charge < -0.3 is 0 Å². The van der Waals surface area contributed by atoms with E-state index in [4.69, 9.17) is 0 Å². The van der Waals surface area contributed by atoms with Crippen molar-refractivity contribution >= 4 is 21.6 Å². The average Bonchev–Trinajstić information content (AvgIpc) is 2.11. The molecule has 0 saturated carbocycles. The summed E-state index contributed by atoms with van der Waals surface area (Å²) in [5, 5.41) is 11.2. The first-order chi connectivity index (χ1) is 6.56. The number of aryl methyl sites for hydroxylation is 1. The Kier molecular flexibility index (Phi) is 3.57. The van der Waals surface area contributed by atoms with Crippen LogP contribution in [0.3, 0.4) is 0 Å². The average molecular weight is 262 g/mol. The van der Waals surface area contributed by atoms with Gasteiger partial charge in [-0.2, -0.15) is 0 Å². The number of nitro benzene ring substituents is 1. The number of alkyl halides is 1. The first kappa shape index (κ1) is 11.1. The van der Waals surface area contributed by atoms with Crippen molar-refractivity contribution in [1.29, 1.82) is 0 Å². The molecule has 0 fully saturated rings. The van der Waals surface area contributed by atoms with E-state index >= 15 is 0 Å². The van der Waals surface area contributed by atoms with E-state index in [1.54, 1.807) is 0 Å². The van der Waals surface area contributed by atoms with E-state index in [2.05, 4.69) is 15.9 Å². The number of rotatable bonds is 3. The maximum absolute atomic E-state index is 13.2. The van der Waals surface area contributed by atoms with Gasteiger partial charge in [0.25, 0.3) is 5.69 Å². The number of benzene rings is 1. The summed E-state index contributed by atoms with van der Waals surface area (Å²) in [6, 6.07) is 2.75. The van der Waals surface area contributed by atoms with Crippen LogP contribution >= 0.6 is 15.9 Å². The van der Waals surface area contributed by atoms with Gasteiger partial charge in [0, 0.05) is 11.4 Å². The summed E-state index contributed by atoms with van der Waals surface area (Å²) in [7, 11) is 0. The minimum absolute atomic E-state index is 0.0910. The maximum atomic E-state index is 13.2. The summed E-state index contributed by atoms with van der Waals surface area (Å²) in [5.41, 5.74) is 0.575. The highest BCUT2D eigenvalue weighted by Crippen LogP contribution is 2.23. The zero-order valence-electron chi connectivity index (χ0n) is 7.59. The molecule has 3 nitrogen and oxygen atoms in total. The summed E-state index contributed by atoms with van der Waals surface area (Å²) in [5.74, 6) is -0.518. The van der Waals surface area contributed by atoms with E-state index in [0.29, 0.717) is 17.3 Å². The Bertz CT molecular complexity index is 368. The molecule has 0 aliphatic carbocycles. The van der Waals surface area contributed by atoms with Crippen molar-refractivity contribution in [3.8, 4) is 0 Å². The van der Waals surface area contributed by atoms with Crippen molar-refractivity contribution in [2.75, 3.05) is 5.33 Å². The van der Waals surface area contributed by atoms with Gasteiger partial charge in [0.15, 0.2) is 0 Å². The van der Waals surface area contributed by atoms with Gasteiger partial charge in [-0.15, -0.1) is 0 Å². The zero-order valence-corrected chi connectivity index (χ0v) is 9.17. The molecule has 1 aromatic rings. The van der Waals surface area contributed by atoms with Crippen LogP contribution in [0.4, 0.5) is 10.1 Å². The summed E-state index contributed by atoms with van der Waals surface area (Å²) in [6.45, 7) is 1.41. The molecule has 14 heavy (non-hydrogen) atoms. The molecule has 0 amide bonds. The molecule has 0 saturated heterocycles. The summed E-state index contributed by atoms with van der Waals surface area (Å²) >= 11 is 3.20. The largest absolute Gasteiger partial charge is 0.275 e. The standard InChI is InChI=1S/C9H9BrFNO2/c1-6-8(11)4-7(2-3-10)5-9(6)12(13)14/h4-5H,2-3H2,1H3. The number of hydrogen-bond acceptors (Lipinski definition) is 2. The summed E-state index contributed by atoms with van der Waals surface area (Å²) < 4.78 is 13.2. The number of halogens is 2. The Hall–Kier alpha value is -0.970. The van der Waals surface area contributed by atoms with Crippen molar-refractivity contribution < 1.29 is 9.31 Å². The minimum Gasteiger partial charge on any atom is -0.258 e. The molecule has 0 spiro atoms. The minimum atomic E-state index is -0.559. The molecular formula is C9H9BrFNO2. The Morgan fingerprint density at radius 1 is 1.57 bits per heavy atom. The normalized spacial score (nSPS) is 10.2. The van der Waals surface area contributed by atoms with E-state index in [-0.39, 0.29) is 11.3 Å². The SMILES string of the molecule is Cc1c(F)cc(CCBr)cc1[N+](=O)[O-]. The van der Waals surface area contributed by atoms with Crippen molar-refractivity contribution in [2.24, 2.45) is 0 Å². The van der Waals surface area contributed by atoms with Crippen LogP contribution in [0, 0.1) is 22.9 Å². The second kappa shape index (κ2) is 4.50. The lowest BCUT2D eigenvalue weighted by Gasteiger charge is -2.02. The quantitative estimate of drug-likeness (QED) is 0.477. The van der Waals surface area contributed by atoms with Gasteiger partial charge in [0.1, 0.15) is 5.82 Å². The molecule has 0 bridgehead atoms. The van der Waals surface area contributed by atoms with E-state index in [1.807, 2.05) is 0 Å². The lowest BCUT2D eigenvalue weighted by atomic mass is 10.1. The van der Waals surface area contributed by atoms with E-state index in [9.17, 15) is 14.5 Å². The van der Waals surface area contributed by atoms with Crippen LogP contribution in [0.15, 0.2) is 12.1 Å². The molecule has 0 radical (unpaired) electrons. The van der Waals surface area contributed by atoms with Gasteiger partial charge in [0.2, 0.25) is 0 Å². The Labute approximate surface area is 89.2 Å². The van der Waals surface area contributed by atoms with Crippen LogP contribution in [0.5, 0.6) is 0 Å². The smallest absolute Gasteiger partial charge is 0.258 e. The van der Waals surface area contributed by atoms with Crippen LogP contribution < -0.4 is 0 Å². The zero-order chi connectivity index (χ0) is 10.7. The maximum Gasteiger partial charge on any atom is 0.275 e. The highest BCUT2D eigenvalue weighted by Gasteiger charge is 2.15. The molecule has 1 rings (SSSR count).